The lowest BCUT2D eigenvalue weighted by Gasteiger charge is -2.30. The number of aryl methyl sites for hydroxylation is 1. The number of thiophene rings is 1. The van der Waals surface area contributed by atoms with Gasteiger partial charge in [-0.05, 0) is 48.4 Å². The van der Waals surface area contributed by atoms with Crippen molar-refractivity contribution in [2.24, 2.45) is 5.92 Å². The molecule has 0 bridgehead atoms. The molecule has 1 aromatic carbocycles. The number of anilines is 2. The summed E-state index contributed by atoms with van der Waals surface area (Å²) in [5.41, 5.74) is 2.22. The van der Waals surface area contributed by atoms with Crippen molar-refractivity contribution in [2.45, 2.75) is 26.3 Å². The molecule has 4 heterocycles. The monoisotopic (exact) mass is 440 g/mol. The second kappa shape index (κ2) is 8.22. The number of aliphatic carboxylic acids is 1. The number of carbonyl (C=O) groups is 1. The fraction of sp³-hybridized carbons (Fsp3) is 0.409. The molecule has 2 aliphatic rings. The van der Waals surface area contributed by atoms with E-state index in [-0.39, 0.29) is 5.92 Å². The van der Waals surface area contributed by atoms with E-state index in [1.165, 1.54) is 0 Å². The van der Waals surface area contributed by atoms with Crippen molar-refractivity contribution in [1.82, 2.24) is 9.97 Å². The van der Waals surface area contributed by atoms with Gasteiger partial charge < -0.3 is 24.8 Å². The number of nitrogens with zero attached hydrogens (tertiary/aromatic N) is 3. The molecular formula is C22H24N4O4S. The minimum atomic E-state index is -0.716. The molecule has 0 amide bonds. The number of piperidine rings is 1. The molecule has 0 atom stereocenters. The highest BCUT2D eigenvalue weighted by molar-refractivity contribution is 7.17. The van der Waals surface area contributed by atoms with Gasteiger partial charge in [-0.3, -0.25) is 4.79 Å². The summed E-state index contributed by atoms with van der Waals surface area (Å²) < 4.78 is 11.3. The molecule has 3 aromatic rings. The van der Waals surface area contributed by atoms with Crippen LogP contribution in [0.25, 0.3) is 10.2 Å². The third kappa shape index (κ3) is 3.97. The van der Waals surface area contributed by atoms with Crippen molar-refractivity contribution in [2.75, 3.05) is 36.5 Å². The van der Waals surface area contributed by atoms with Gasteiger partial charge in [0.25, 0.3) is 0 Å². The van der Waals surface area contributed by atoms with E-state index in [1.54, 1.807) is 11.3 Å². The number of carboxylic acids is 1. The van der Waals surface area contributed by atoms with Crippen LogP contribution in [0.15, 0.2) is 23.6 Å². The average Bonchev–Trinajstić information content (AvgIpc) is 3.18. The van der Waals surface area contributed by atoms with E-state index in [1.807, 2.05) is 18.2 Å². The summed E-state index contributed by atoms with van der Waals surface area (Å²) in [5.74, 6) is 2.01. The highest BCUT2D eigenvalue weighted by Crippen LogP contribution is 2.34. The number of nitrogens with one attached hydrogen (secondary N) is 1. The summed E-state index contributed by atoms with van der Waals surface area (Å²) in [6.45, 7) is 5.09. The van der Waals surface area contributed by atoms with Crippen molar-refractivity contribution in [3.8, 4) is 11.5 Å². The Morgan fingerprint density at radius 2 is 2.00 bits per heavy atom. The summed E-state index contributed by atoms with van der Waals surface area (Å²) in [6.07, 6.45) is 1.22. The molecule has 2 aromatic heterocycles. The van der Waals surface area contributed by atoms with E-state index in [9.17, 15) is 9.90 Å². The summed E-state index contributed by atoms with van der Waals surface area (Å²) in [4.78, 5) is 23.9. The van der Waals surface area contributed by atoms with Gasteiger partial charge in [0.2, 0.25) is 5.95 Å². The summed E-state index contributed by atoms with van der Waals surface area (Å²) >= 11 is 1.60. The summed E-state index contributed by atoms with van der Waals surface area (Å²) in [7, 11) is 0. The molecule has 162 valence electrons. The molecule has 31 heavy (non-hydrogen) atoms. The first kappa shape index (κ1) is 19.9. The standard InChI is InChI=1S/C22H24N4O4S/c1-13-12-31-20-18(13)19(23-11-14-2-3-16-17(10-14)30-9-8-29-16)24-22(25-20)26-6-4-15(5-7-26)21(27)28/h2-3,10,12,15H,4-9,11H2,1H3,(H,27,28)(H,23,24,25). The Bertz CT molecular complexity index is 1120. The van der Waals surface area contributed by atoms with E-state index >= 15 is 0 Å². The molecule has 1 fully saturated rings. The van der Waals surface area contributed by atoms with Crippen LogP contribution in [0.5, 0.6) is 11.5 Å². The van der Waals surface area contributed by atoms with Crippen molar-refractivity contribution in [3.05, 3.63) is 34.7 Å². The van der Waals surface area contributed by atoms with Crippen LogP contribution in [0.1, 0.15) is 24.0 Å². The van der Waals surface area contributed by atoms with Crippen molar-refractivity contribution < 1.29 is 19.4 Å². The number of carboxylic acid groups (broad SMARTS) is 1. The van der Waals surface area contributed by atoms with Gasteiger partial charge in [0, 0.05) is 19.6 Å². The fourth-order valence-electron chi connectivity index (χ4n) is 4.05. The molecule has 0 spiro atoms. The van der Waals surface area contributed by atoms with E-state index in [0.717, 1.165) is 38.7 Å². The number of benzene rings is 1. The maximum Gasteiger partial charge on any atom is 0.306 e. The van der Waals surface area contributed by atoms with Crippen LogP contribution in [0, 0.1) is 12.8 Å². The topological polar surface area (TPSA) is 96.8 Å². The minimum Gasteiger partial charge on any atom is -0.486 e. The second-order valence-corrected chi connectivity index (χ2v) is 8.76. The minimum absolute atomic E-state index is 0.281. The molecule has 8 nitrogen and oxygen atoms in total. The third-order valence-electron chi connectivity index (χ3n) is 5.80. The Morgan fingerprint density at radius 1 is 1.23 bits per heavy atom. The Balaban J connectivity index is 1.39. The van der Waals surface area contributed by atoms with Gasteiger partial charge in [-0.1, -0.05) is 6.07 Å². The first-order chi connectivity index (χ1) is 15.1. The van der Waals surface area contributed by atoms with Crippen molar-refractivity contribution in [1.29, 1.82) is 0 Å². The van der Waals surface area contributed by atoms with Gasteiger partial charge in [0.05, 0.1) is 11.3 Å². The Hall–Kier alpha value is -3.07. The van der Waals surface area contributed by atoms with Crippen LogP contribution in [-0.4, -0.2) is 47.3 Å². The maximum atomic E-state index is 11.3. The van der Waals surface area contributed by atoms with Crippen molar-refractivity contribution >= 4 is 39.3 Å². The quantitative estimate of drug-likeness (QED) is 0.620. The Labute approximate surface area is 183 Å². The van der Waals surface area contributed by atoms with E-state index in [4.69, 9.17) is 19.4 Å². The van der Waals surface area contributed by atoms with Gasteiger partial charge in [-0.2, -0.15) is 4.98 Å². The predicted molar refractivity (Wildman–Crippen MR) is 119 cm³/mol. The maximum absolute atomic E-state index is 11.3. The molecule has 9 heteroatoms. The largest absolute Gasteiger partial charge is 0.486 e. The number of fused-ring (bicyclic) bond motifs is 2. The third-order valence-corrected chi connectivity index (χ3v) is 6.79. The highest BCUT2D eigenvalue weighted by atomic mass is 32.1. The zero-order chi connectivity index (χ0) is 21.4. The SMILES string of the molecule is Cc1csc2nc(N3CCC(C(=O)O)CC3)nc(NCc3ccc4c(c3)OCCO4)c12. The van der Waals surface area contributed by atoms with E-state index in [2.05, 4.69) is 22.5 Å². The Kier molecular flexibility index (Phi) is 5.27. The molecule has 0 unspecified atom stereocenters. The van der Waals surface area contributed by atoms with Crippen LogP contribution in [0.4, 0.5) is 11.8 Å². The lowest BCUT2D eigenvalue weighted by atomic mass is 9.97. The second-order valence-electron chi connectivity index (χ2n) is 7.90. The van der Waals surface area contributed by atoms with Gasteiger partial charge >= 0.3 is 5.97 Å². The van der Waals surface area contributed by atoms with Crippen LogP contribution in [0.2, 0.25) is 0 Å². The number of hydrogen-bond donors (Lipinski definition) is 2. The smallest absolute Gasteiger partial charge is 0.306 e. The van der Waals surface area contributed by atoms with E-state index < -0.39 is 5.97 Å². The average molecular weight is 441 g/mol. The molecule has 0 radical (unpaired) electrons. The van der Waals surface area contributed by atoms with Crippen LogP contribution in [0.3, 0.4) is 0 Å². The first-order valence-electron chi connectivity index (χ1n) is 10.4. The normalized spacial score (nSPS) is 16.5. The molecular weight excluding hydrogens is 416 g/mol. The molecule has 5 rings (SSSR count). The van der Waals surface area contributed by atoms with E-state index in [0.29, 0.717) is 51.6 Å². The Morgan fingerprint density at radius 3 is 2.77 bits per heavy atom. The number of aromatic nitrogens is 2. The van der Waals surface area contributed by atoms with Gasteiger partial charge in [-0.15, -0.1) is 11.3 Å². The summed E-state index contributed by atoms with van der Waals surface area (Å²) in [5, 5.41) is 15.9. The van der Waals surface area contributed by atoms with Gasteiger partial charge in [0.1, 0.15) is 23.9 Å². The van der Waals surface area contributed by atoms with Crippen molar-refractivity contribution in [3.63, 3.8) is 0 Å². The molecule has 2 aliphatic heterocycles. The number of rotatable bonds is 5. The zero-order valence-corrected chi connectivity index (χ0v) is 18.1. The molecule has 1 saturated heterocycles. The predicted octanol–water partition coefficient (Wildman–Crippen LogP) is 3.68. The molecule has 0 aliphatic carbocycles. The fourth-order valence-corrected chi connectivity index (χ4v) is 4.97. The van der Waals surface area contributed by atoms with Crippen LogP contribution in [-0.2, 0) is 11.3 Å². The zero-order valence-electron chi connectivity index (χ0n) is 17.3. The van der Waals surface area contributed by atoms with Crippen LogP contribution < -0.4 is 19.7 Å². The lowest BCUT2D eigenvalue weighted by molar-refractivity contribution is -0.142. The number of ether oxygens (including phenoxy) is 2. The number of hydrogen-bond acceptors (Lipinski definition) is 8. The summed E-state index contributed by atoms with van der Waals surface area (Å²) in [6, 6.07) is 5.96. The highest BCUT2D eigenvalue weighted by Gasteiger charge is 2.26. The molecule has 2 N–H and O–H groups in total. The van der Waals surface area contributed by atoms with Crippen LogP contribution >= 0.6 is 11.3 Å². The first-order valence-corrected chi connectivity index (χ1v) is 11.3. The lowest BCUT2D eigenvalue weighted by Crippen LogP contribution is -2.37. The van der Waals surface area contributed by atoms with Gasteiger partial charge in [-0.25, -0.2) is 4.98 Å². The van der Waals surface area contributed by atoms with Gasteiger partial charge in [0.15, 0.2) is 11.5 Å². The molecule has 0 saturated carbocycles.